The van der Waals surface area contributed by atoms with Crippen LogP contribution in [-0.2, 0) is 6.54 Å². The highest BCUT2D eigenvalue weighted by atomic mass is 16.3. The van der Waals surface area contributed by atoms with E-state index in [1.54, 1.807) is 6.07 Å². The van der Waals surface area contributed by atoms with Gasteiger partial charge in [0.1, 0.15) is 0 Å². The summed E-state index contributed by atoms with van der Waals surface area (Å²) in [6, 6.07) is 5.67. The Balaban J connectivity index is 1.90. The van der Waals surface area contributed by atoms with E-state index in [0.29, 0.717) is 12.6 Å². The maximum Gasteiger partial charge on any atom is 0.161 e. The highest BCUT2D eigenvalue weighted by Gasteiger charge is 2.12. The minimum atomic E-state index is -0.0369. The quantitative estimate of drug-likeness (QED) is 0.557. The lowest BCUT2D eigenvalue weighted by Crippen LogP contribution is -2.27. The molecule has 1 fully saturated rings. The van der Waals surface area contributed by atoms with Crippen molar-refractivity contribution in [2.75, 3.05) is 0 Å². The van der Waals surface area contributed by atoms with Crippen LogP contribution in [0.25, 0.3) is 0 Å². The molecule has 0 amide bonds. The van der Waals surface area contributed by atoms with Gasteiger partial charge in [-0.15, -0.1) is 0 Å². The minimum Gasteiger partial charge on any atom is -0.504 e. The monoisotopic (exact) mass is 235 g/mol. The average Bonchev–Trinajstić information content (AvgIpc) is 2.59. The summed E-state index contributed by atoms with van der Waals surface area (Å²) >= 11 is 0. The first-order chi connectivity index (χ1) is 8.27. The summed E-state index contributed by atoms with van der Waals surface area (Å²) in [5.41, 5.74) is 0.772. The molecule has 0 saturated heterocycles. The van der Waals surface area contributed by atoms with Gasteiger partial charge in [0.25, 0.3) is 0 Å². The Bertz CT molecular complexity index is 357. The van der Waals surface area contributed by atoms with Crippen molar-refractivity contribution in [3.8, 4) is 11.5 Å². The SMILES string of the molecule is Oc1cccc(CNC2CCCCCC2)c1O. The Morgan fingerprint density at radius 1 is 1.06 bits per heavy atom. The summed E-state index contributed by atoms with van der Waals surface area (Å²) in [5, 5.41) is 22.6. The summed E-state index contributed by atoms with van der Waals surface area (Å²) in [4.78, 5) is 0. The molecule has 3 heteroatoms. The maximum atomic E-state index is 9.69. The first-order valence-corrected chi connectivity index (χ1v) is 6.50. The van der Waals surface area contributed by atoms with Crippen molar-refractivity contribution < 1.29 is 10.2 Å². The van der Waals surface area contributed by atoms with E-state index < -0.39 is 0 Å². The summed E-state index contributed by atoms with van der Waals surface area (Å²) in [5.74, 6) is -0.0289. The van der Waals surface area contributed by atoms with Crippen LogP contribution in [0.15, 0.2) is 18.2 Å². The van der Waals surface area contributed by atoms with E-state index in [9.17, 15) is 10.2 Å². The van der Waals surface area contributed by atoms with Crippen LogP contribution >= 0.6 is 0 Å². The van der Waals surface area contributed by atoms with Crippen molar-refractivity contribution in [1.82, 2.24) is 5.32 Å². The molecule has 1 aromatic carbocycles. The van der Waals surface area contributed by atoms with Crippen molar-refractivity contribution in [3.05, 3.63) is 23.8 Å². The van der Waals surface area contributed by atoms with Gasteiger partial charge in [-0.1, -0.05) is 37.8 Å². The Labute approximate surface area is 102 Å². The van der Waals surface area contributed by atoms with E-state index in [1.165, 1.54) is 44.6 Å². The fourth-order valence-corrected chi connectivity index (χ4v) is 2.46. The van der Waals surface area contributed by atoms with Crippen LogP contribution in [-0.4, -0.2) is 16.3 Å². The molecule has 1 aromatic rings. The van der Waals surface area contributed by atoms with Crippen LogP contribution in [0, 0.1) is 0 Å². The van der Waals surface area contributed by atoms with Gasteiger partial charge in [-0.2, -0.15) is 0 Å². The van der Waals surface area contributed by atoms with Crippen LogP contribution in [0.3, 0.4) is 0 Å². The predicted octanol–water partition coefficient (Wildman–Crippen LogP) is 2.91. The Kier molecular flexibility index (Phi) is 4.26. The predicted molar refractivity (Wildman–Crippen MR) is 68.1 cm³/mol. The molecule has 3 nitrogen and oxygen atoms in total. The third-order valence-corrected chi connectivity index (χ3v) is 3.53. The topological polar surface area (TPSA) is 52.5 Å². The molecule has 0 radical (unpaired) electrons. The number of phenolic OH excluding ortho intramolecular Hbond substituents is 2. The van der Waals surface area contributed by atoms with E-state index >= 15 is 0 Å². The molecule has 1 aliphatic rings. The second-order valence-electron chi connectivity index (χ2n) is 4.85. The summed E-state index contributed by atoms with van der Waals surface area (Å²) in [6.07, 6.45) is 7.72. The lowest BCUT2D eigenvalue weighted by atomic mass is 10.1. The Morgan fingerprint density at radius 2 is 1.76 bits per heavy atom. The largest absolute Gasteiger partial charge is 0.504 e. The normalized spacial score (nSPS) is 17.9. The number of para-hydroxylation sites is 1. The summed E-state index contributed by atoms with van der Waals surface area (Å²) in [7, 11) is 0. The van der Waals surface area contributed by atoms with Gasteiger partial charge in [0.15, 0.2) is 11.5 Å². The van der Waals surface area contributed by atoms with E-state index in [2.05, 4.69) is 5.32 Å². The molecule has 0 unspecified atom stereocenters. The lowest BCUT2D eigenvalue weighted by molar-refractivity contribution is 0.393. The number of rotatable bonds is 3. The highest BCUT2D eigenvalue weighted by molar-refractivity contribution is 5.44. The van der Waals surface area contributed by atoms with Gasteiger partial charge >= 0.3 is 0 Å². The van der Waals surface area contributed by atoms with E-state index in [4.69, 9.17) is 0 Å². The molecule has 0 heterocycles. The second-order valence-corrected chi connectivity index (χ2v) is 4.85. The standard InChI is InChI=1S/C14H21NO2/c16-13-9-5-6-11(14(13)17)10-15-12-7-3-1-2-4-8-12/h5-6,9,12,15-17H,1-4,7-8,10H2. The summed E-state index contributed by atoms with van der Waals surface area (Å²) in [6.45, 7) is 0.630. The van der Waals surface area contributed by atoms with Gasteiger partial charge in [-0.3, -0.25) is 0 Å². The van der Waals surface area contributed by atoms with Gasteiger partial charge in [-0.25, -0.2) is 0 Å². The van der Waals surface area contributed by atoms with E-state index in [1.807, 2.05) is 6.07 Å². The molecular weight excluding hydrogens is 214 g/mol. The zero-order valence-electron chi connectivity index (χ0n) is 10.2. The van der Waals surface area contributed by atoms with Gasteiger partial charge in [0, 0.05) is 18.2 Å². The van der Waals surface area contributed by atoms with Gasteiger partial charge in [0.2, 0.25) is 0 Å². The van der Waals surface area contributed by atoms with Crippen molar-refractivity contribution in [2.45, 2.75) is 51.1 Å². The van der Waals surface area contributed by atoms with Crippen LogP contribution in [0.4, 0.5) is 0 Å². The molecule has 2 rings (SSSR count). The fraction of sp³-hybridized carbons (Fsp3) is 0.571. The van der Waals surface area contributed by atoms with Crippen LogP contribution < -0.4 is 5.32 Å². The lowest BCUT2D eigenvalue weighted by Gasteiger charge is -2.16. The zero-order valence-corrected chi connectivity index (χ0v) is 10.2. The molecule has 0 aromatic heterocycles. The molecule has 0 aliphatic heterocycles. The van der Waals surface area contributed by atoms with Crippen molar-refractivity contribution in [2.24, 2.45) is 0 Å². The molecule has 17 heavy (non-hydrogen) atoms. The number of aromatic hydroxyl groups is 2. The smallest absolute Gasteiger partial charge is 0.161 e. The number of hydrogen-bond donors (Lipinski definition) is 3. The van der Waals surface area contributed by atoms with E-state index in [0.717, 1.165) is 5.56 Å². The third-order valence-electron chi connectivity index (χ3n) is 3.53. The van der Waals surface area contributed by atoms with Crippen molar-refractivity contribution in [1.29, 1.82) is 0 Å². The third kappa shape index (κ3) is 3.37. The first-order valence-electron chi connectivity index (χ1n) is 6.50. The van der Waals surface area contributed by atoms with Crippen molar-refractivity contribution >= 4 is 0 Å². The maximum absolute atomic E-state index is 9.69. The fourth-order valence-electron chi connectivity index (χ4n) is 2.46. The van der Waals surface area contributed by atoms with E-state index in [-0.39, 0.29) is 11.5 Å². The number of benzene rings is 1. The van der Waals surface area contributed by atoms with Gasteiger partial charge in [0.05, 0.1) is 0 Å². The van der Waals surface area contributed by atoms with Crippen molar-refractivity contribution in [3.63, 3.8) is 0 Å². The second kappa shape index (κ2) is 5.92. The van der Waals surface area contributed by atoms with Gasteiger partial charge in [-0.05, 0) is 18.9 Å². The number of hydrogen-bond acceptors (Lipinski definition) is 3. The minimum absolute atomic E-state index is 0.00798. The zero-order chi connectivity index (χ0) is 12.1. The average molecular weight is 235 g/mol. The van der Waals surface area contributed by atoms with Crippen LogP contribution in [0.1, 0.15) is 44.1 Å². The first kappa shape index (κ1) is 12.2. The number of phenols is 2. The Morgan fingerprint density at radius 3 is 2.47 bits per heavy atom. The number of nitrogens with one attached hydrogen (secondary N) is 1. The molecule has 0 bridgehead atoms. The summed E-state index contributed by atoms with van der Waals surface area (Å²) < 4.78 is 0. The Hall–Kier alpha value is -1.22. The molecule has 1 saturated carbocycles. The van der Waals surface area contributed by atoms with Crippen LogP contribution in [0.2, 0.25) is 0 Å². The molecule has 0 atom stereocenters. The molecule has 94 valence electrons. The molecule has 1 aliphatic carbocycles. The highest BCUT2D eigenvalue weighted by Crippen LogP contribution is 2.28. The molecule has 3 N–H and O–H groups in total. The van der Waals surface area contributed by atoms with Gasteiger partial charge < -0.3 is 15.5 Å². The molecule has 0 spiro atoms. The van der Waals surface area contributed by atoms with Crippen LogP contribution in [0.5, 0.6) is 11.5 Å². The molecular formula is C14H21NO2.